The van der Waals surface area contributed by atoms with E-state index >= 15 is 0 Å². The van der Waals surface area contributed by atoms with Crippen LogP contribution in [0, 0.1) is 5.82 Å². The molecule has 2 aromatic heterocycles. The summed E-state index contributed by atoms with van der Waals surface area (Å²) in [6.45, 7) is 1.72. The zero-order chi connectivity index (χ0) is 22.1. The van der Waals surface area contributed by atoms with E-state index in [-0.39, 0.29) is 17.1 Å². The van der Waals surface area contributed by atoms with E-state index < -0.39 is 17.8 Å². The molecule has 0 radical (unpaired) electrons. The van der Waals surface area contributed by atoms with Gasteiger partial charge in [-0.1, -0.05) is 23.7 Å². The molecule has 2 heterocycles. The number of nitrogens with one attached hydrogen (secondary N) is 1. The number of anilines is 1. The summed E-state index contributed by atoms with van der Waals surface area (Å²) in [6, 6.07) is 11.7. The van der Waals surface area contributed by atoms with Gasteiger partial charge in [0.2, 0.25) is 0 Å². The van der Waals surface area contributed by atoms with E-state index in [4.69, 9.17) is 17.3 Å². The summed E-state index contributed by atoms with van der Waals surface area (Å²) in [5.74, 6) is -0.979. The van der Waals surface area contributed by atoms with Crippen molar-refractivity contribution in [3.63, 3.8) is 0 Å². The molecule has 1 amide bonds. The molecule has 156 valence electrons. The van der Waals surface area contributed by atoms with Crippen LogP contribution in [0.4, 0.5) is 10.2 Å². The van der Waals surface area contributed by atoms with Crippen LogP contribution in [0.3, 0.4) is 0 Å². The molecule has 0 spiro atoms. The maximum Gasteiger partial charge on any atom is 0.274 e. The normalized spacial score (nSPS) is 12.0. The first-order valence-corrected chi connectivity index (χ1v) is 9.72. The fourth-order valence-electron chi connectivity index (χ4n) is 3.38. The summed E-state index contributed by atoms with van der Waals surface area (Å²) in [7, 11) is 0. The molecule has 1 unspecified atom stereocenters. The van der Waals surface area contributed by atoms with Crippen molar-refractivity contribution in [1.82, 2.24) is 19.9 Å². The third-order valence-corrected chi connectivity index (χ3v) is 5.16. The standard InChI is InChI=1S/C22H17ClFN5O2/c1-12(28-21(30)19-20(25)27-10-9-26-19)17-11-13-3-2-4-16(23)18(13)22(31)29(17)15-7-5-14(24)6-8-15/h2-12H,1H3,(H2,25,27)(H,28,30). The van der Waals surface area contributed by atoms with Crippen LogP contribution in [0.2, 0.25) is 5.02 Å². The number of carbonyl (C=O) groups is 1. The SMILES string of the molecule is CC(NC(=O)c1nccnc1N)c1cc2cccc(Cl)c2c(=O)n1-c1ccc(F)cc1. The van der Waals surface area contributed by atoms with Crippen molar-refractivity contribution >= 4 is 34.1 Å². The van der Waals surface area contributed by atoms with Crippen molar-refractivity contribution in [1.29, 1.82) is 0 Å². The Morgan fingerprint density at radius 3 is 2.58 bits per heavy atom. The quantitative estimate of drug-likeness (QED) is 0.507. The van der Waals surface area contributed by atoms with Crippen LogP contribution in [-0.2, 0) is 0 Å². The molecule has 2 aromatic carbocycles. The third-order valence-electron chi connectivity index (χ3n) is 4.84. The van der Waals surface area contributed by atoms with Crippen molar-refractivity contribution in [3.05, 3.63) is 93.5 Å². The number of rotatable bonds is 4. The number of nitrogens with zero attached hydrogens (tertiary/aromatic N) is 3. The number of hydrogen-bond donors (Lipinski definition) is 2. The molecule has 0 saturated heterocycles. The minimum absolute atomic E-state index is 0.00609. The summed E-state index contributed by atoms with van der Waals surface area (Å²) in [5, 5.41) is 4.04. The maximum absolute atomic E-state index is 13.5. The smallest absolute Gasteiger partial charge is 0.274 e. The number of amides is 1. The Morgan fingerprint density at radius 1 is 1.16 bits per heavy atom. The molecule has 0 aliphatic rings. The van der Waals surface area contributed by atoms with Gasteiger partial charge in [-0.2, -0.15) is 0 Å². The minimum Gasteiger partial charge on any atom is -0.382 e. The van der Waals surface area contributed by atoms with Gasteiger partial charge in [0.05, 0.1) is 16.5 Å². The van der Waals surface area contributed by atoms with Gasteiger partial charge in [0, 0.05) is 23.8 Å². The molecule has 0 saturated carbocycles. The number of benzene rings is 2. The fourth-order valence-corrected chi connectivity index (χ4v) is 3.64. The van der Waals surface area contributed by atoms with Gasteiger partial charge >= 0.3 is 0 Å². The summed E-state index contributed by atoms with van der Waals surface area (Å²) >= 11 is 6.29. The van der Waals surface area contributed by atoms with Crippen molar-refractivity contribution in [2.24, 2.45) is 0 Å². The van der Waals surface area contributed by atoms with Gasteiger partial charge in [0.25, 0.3) is 11.5 Å². The number of carbonyl (C=O) groups excluding carboxylic acids is 1. The van der Waals surface area contributed by atoms with Gasteiger partial charge < -0.3 is 11.1 Å². The lowest BCUT2D eigenvalue weighted by Crippen LogP contribution is -2.33. The Kier molecular flexibility index (Phi) is 5.39. The van der Waals surface area contributed by atoms with Gasteiger partial charge in [-0.05, 0) is 48.7 Å². The molecule has 0 aliphatic carbocycles. The van der Waals surface area contributed by atoms with Crippen molar-refractivity contribution in [2.75, 3.05) is 5.73 Å². The summed E-state index contributed by atoms with van der Waals surface area (Å²) in [4.78, 5) is 33.9. The zero-order valence-corrected chi connectivity index (χ0v) is 17.1. The van der Waals surface area contributed by atoms with Gasteiger partial charge in [0.15, 0.2) is 11.5 Å². The molecule has 9 heteroatoms. The maximum atomic E-state index is 13.5. The lowest BCUT2D eigenvalue weighted by Gasteiger charge is -2.21. The molecular formula is C22H17ClFN5O2. The van der Waals surface area contributed by atoms with E-state index in [9.17, 15) is 14.0 Å². The highest BCUT2D eigenvalue weighted by Crippen LogP contribution is 2.25. The van der Waals surface area contributed by atoms with E-state index in [1.165, 1.54) is 41.2 Å². The molecule has 4 rings (SSSR count). The van der Waals surface area contributed by atoms with Crippen LogP contribution < -0.4 is 16.6 Å². The number of hydrogen-bond acceptors (Lipinski definition) is 5. The highest BCUT2D eigenvalue weighted by Gasteiger charge is 2.21. The number of nitrogens with two attached hydrogens (primary N) is 1. The van der Waals surface area contributed by atoms with Crippen LogP contribution in [0.1, 0.15) is 29.1 Å². The predicted molar refractivity (Wildman–Crippen MR) is 117 cm³/mol. The van der Waals surface area contributed by atoms with Crippen molar-refractivity contribution in [3.8, 4) is 5.69 Å². The van der Waals surface area contributed by atoms with E-state index in [1.54, 1.807) is 31.2 Å². The van der Waals surface area contributed by atoms with Crippen LogP contribution >= 0.6 is 11.6 Å². The number of aromatic nitrogens is 3. The second-order valence-corrected chi connectivity index (χ2v) is 7.28. The van der Waals surface area contributed by atoms with Crippen LogP contribution in [0.25, 0.3) is 16.5 Å². The van der Waals surface area contributed by atoms with E-state index in [0.717, 1.165) is 0 Å². The van der Waals surface area contributed by atoms with Gasteiger partial charge in [0.1, 0.15) is 5.82 Å². The molecule has 1 atom stereocenters. The summed E-state index contributed by atoms with van der Waals surface area (Å²) < 4.78 is 14.9. The molecular weight excluding hydrogens is 421 g/mol. The number of halogens is 2. The Bertz CT molecular complexity index is 1350. The topological polar surface area (TPSA) is 103 Å². The van der Waals surface area contributed by atoms with E-state index in [0.29, 0.717) is 27.2 Å². The van der Waals surface area contributed by atoms with Gasteiger partial charge in [-0.15, -0.1) is 0 Å². The highest BCUT2D eigenvalue weighted by atomic mass is 35.5. The molecule has 0 fully saturated rings. The molecule has 0 aliphatic heterocycles. The molecule has 7 nitrogen and oxygen atoms in total. The average Bonchev–Trinajstić information content (AvgIpc) is 2.74. The molecule has 4 aromatic rings. The molecule has 3 N–H and O–H groups in total. The fraction of sp³-hybridized carbons (Fsp3) is 0.0909. The van der Waals surface area contributed by atoms with Gasteiger partial charge in [-0.3, -0.25) is 14.2 Å². The Hall–Kier alpha value is -3.78. The van der Waals surface area contributed by atoms with Gasteiger partial charge in [-0.25, -0.2) is 14.4 Å². The summed E-state index contributed by atoms with van der Waals surface area (Å²) in [6.07, 6.45) is 2.75. The average molecular weight is 438 g/mol. The predicted octanol–water partition coefficient (Wildman–Crippen LogP) is 3.65. The lowest BCUT2D eigenvalue weighted by atomic mass is 10.1. The lowest BCUT2D eigenvalue weighted by molar-refractivity contribution is 0.0934. The monoisotopic (exact) mass is 437 g/mol. The first kappa shape index (κ1) is 20.5. The Balaban J connectivity index is 1.87. The largest absolute Gasteiger partial charge is 0.382 e. The Labute approximate surface area is 181 Å². The Morgan fingerprint density at radius 2 is 1.87 bits per heavy atom. The van der Waals surface area contributed by atoms with Crippen molar-refractivity contribution in [2.45, 2.75) is 13.0 Å². The van der Waals surface area contributed by atoms with Crippen LogP contribution in [0.5, 0.6) is 0 Å². The third kappa shape index (κ3) is 3.85. The van der Waals surface area contributed by atoms with Crippen molar-refractivity contribution < 1.29 is 9.18 Å². The molecule has 0 bridgehead atoms. The first-order chi connectivity index (χ1) is 14.9. The highest BCUT2D eigenvalue weighted by molar-refractivity contribution is 6.35. The van der Waals surface area contributed by atoms with Crippen LogP contribution in [0.15, 0.2) is 65.7 Å². The molecule has 31 heavy (non-hydrogen) atoms. The zero-order valence-electron chi connectivity index (χ0n) is 16.3. The van der Waals surface area contributed by atoms with E-state index in [2.05, 4.69) is 15.3 Å². The second-order valence-electron chi connectivity index (χ2n) is 6.88. The van der Waals surface area contributed by atoms with Crippen LogP contribution in [-0.4, -0.2) is 20.4 Å². The summed E-state index contributed by atoms with van der Waals surface area (Å²) in [5.41, 5.74) is 6.25. The second kappa shape index (κ2) is 8.16. The number of pyridine rings is 1. The number of fused-ring (bicyclic) bond motifs is 1. The first-order valence-electron chi connectivity index (χ1n) is 9.34. The van der Waals surface area contributed by atoms with E-state index in [1.807, 2.05) is 0 Å². The minimum atomic E-state index is -0.630. The number of nitrogen functional groups attached to an aromatic ring is 1.